The highest BCUT2D eigenvalue weighted by molar-refractivity contribution is 9.10. The molecule has 3 heterocycles. The van der Waals surface area contributed by atoms with E-state index < -0.39 is 24.7 Å². The molecule has 1 spiro atoms. The Hall–Kier alpha value is -3.09. The highest BCUT2D eigenvalue weighted by atomic mass is 79.9. The van der Waals surface area contributed by atoms with Crippen molar-refractivity contribution in [3.05, 3.63) is 40.5 Å². The second-order valence-corrected chi connectivity index (χ2v) is 9.99. The molecule has 1 fully saturated rings. The first-order valence-electron chi connectivity index (χ1n) is 11.6. The molecule has 0 unspecified atom stereocenters. The maximum Gasteiger partial charge on any atom is 0.428 e. The van der Waals surface area contributed by atoms with Crippen LogP contribution in [0.5, 0.6) is 5.88 Å². The molecule has 0 radical (unpaired) electrons. The van der Waals surface area contributed by atoms with E-state index in [2.05, 4.69) is 41.7 Å². The molecule has 10 nitrogen and oxygen atoms in total. The Morgan fingerprint density at radius 3 is 2.81 bits per heavy atom. The lowest BCUT2D eigenvalue weighted by atomic mass is 9.73. The van der Waals surface area contributed by atoms with Gasteiger partial charge < -0.3 is 19.4 Å². The fourth-order valence-electron chi connectivity index (χ4n) is 4.69. The summed E-state index contributed by atoms with van der Waals surface area (Å²) >= 11 is 3.44. The Morgan fingerprint density at radius 1 is 1.39 bits per heavy atom. The van der Waals surface area contributed by atoms with E-state index in [0.29, 0.717) is 40.2 Å². The zero-order valence-electron chi connectivity index (χ0n) is 19.8. The molecule has 0 aromatic carbocycles. The van der Waals surface area contributed by atoms with Crippen LogP contribution >= 0.6 is 15.9 Å². The van der Waals surface area contributed by atoms with Crippen LogP contribution < -0.4 is 15.5 Å². The Morgan fingerprint density at radius 2 is 2.14 bits per heavy atom. The van der Waals surface area contributed by atoms with Crippen LogP contribution in [0.2, 0.25) is 0 Å². The molecule has 0 bridgehead atoms. The third kappa shape index (κ3) is 6.00. The van der Waals surface area contributed by atoms with Crippen molar-refractivity contribution in [2.75, 3.05) is 6.61 Å². The van der Waals surface area contributed by atoms with E-state index in [0.717, 1.165) is 19.3 Å². The smallest absolute Gasteiger partial charge is 0.428 e. The van der Waals surface area contributed by atoms with Gasteiger partial charge in [0.1, 0.15) is 11.4 Å². The summed E-state index contributed by atoms with van der Waals surface area (Å²) in [6, 6.07) is 1.45. The maximum absolute atomic E-state index is 12.6. The molecular weight excluding hydrogens is 542 g/mol. The number of hydrogen-bond donors (Lipinski definition) is 2. The average Bonchev–Trinajstić information content (AvgIpc) is 3.27. The monoisotopic (exact) mass is 568 g/mol. The molecule has 194 valence electrons. The van der Waals surface area contributed by atoms with Crippen molar-refractivity contribution in [2.45, 2.75) is 57.1 Å². The van der Waals surface area contributed by atoms with Gasteiger partial charge in [0.2, 0.25) is 5.88 Å². The number of hydrogen-bond acceptors (Lipinski definition) is 7. The Kier molecular flexibility index (Phi) is 7.86. The molecule has 2 amide bonds. The normalized spacial score (nSPS) is 22.6. The van der Waals surface area contributed by atoms with Gasteiger partial charge in [-0.2, -0.15) is 5.10 Å². The van der Waals surface area contributed by atoms with E-state index in [9.17, 15) is 18.4 Å². The number of pyridine rings is 1. The number of nitrogens with one attached hydrogen (secondary N) is 2. The van der Waals surface area contributed by atoms with Crippen molar-refractivity contribution >= 4 is 33.6 Å². The number of carbonyl (C=O) groups excluding carboxylic acids is 2. The molecule has 2 N–H and O–H groups in total. The lowest BCUT2D eigenvalue weighted by molar-refractivity contribution is 0.0153. The van der Waals surface area contributed by atoms with E-state index in [-0.39, 0.29) is 17.8 Å². The number of ether oxygens (including phenoxy) is 2. The van der Waals surface area contributed by atoms with Crippen molar-refractivity contribution in [1.29, 1.82) is 0 Å². The summed E-state index contributed by atoms with van der Waals surface area (Å²) in [5.41, 5.74) is 2.78. The van der Waals surface area contributed by atoms with Gasteiger partial charge in [0, 0.05) is 41.6 Å². The highest BCUT2D eigenvalue weighted by Crippen LogP contribution is 2.41. The van der Waals surface area contributed by atoms with Gasteiger partial charge in [0.25, 0.3) is 12.3 Å². The van der Waals surface area contributed by atoms with Crippen LogP contribution in [0.25, 0.3) is 0 Å². The van der Waals surface area contributed by atoms with E-state index in [1.807, 2.05) is 6.92 Å². The lowest BCUT2D eigenvalue weighted by Gasteiger charge is -2.42. The van der Waals surface area contributed by atoms with Crippen molar-refractivity contribution in [2.24, 2.45) is 18.1 Å². The zero-order valence-corrected chi connectivity index (χ0v) is 21.4. The third-order valence-corrected chi connectivity index (χ3v) is 6.97. The Balaban J connectivity index is 1.43. The number of nitrogens with zero attached hydrogens (tertiary/aromatic N) is 4. The summed E-state index contributed by atoms with van der Waals surface area (Å²) in [5, 5.41) is 7.27. The van der Waals surface area contributed by atoms with E-state index in [4.69, 9.17) is 9.47 Å². The highest BCUT2D eigenvalue weighted by Gasteiger charge is 2.47. The first-order valence-corrected chi connectivity index (χ1v) is 12.4. The van der Waals surface area contributed by atoms with Gasteiger partial charge in [0.05, 0.1) is 6.33 Å². The first-order chi connectivity index (χ1) is 17.1. The second kappa shape index (κ2) is 10.9. The summed E-state index contributed by atoms with van der Waals surface area (Å²) in [6.07, 6.45) is 4.70. The topological polar surface area (TPSA) is 120 Å². The number of halogens is 3. The predicted octanol–water partition coefficient (Wildman–Crippen LogP) is 3.80. The molecule has 4 rings (SSSR count). The van der Waals surface area contributed by atoms with Crippen molar-refractivity contribution in [3.8, 4) is 5.88 Å². The Labute approximate surface area is 215 Å². The van der Waals surface area contributed by atoms with Crippen LogP contribution in [0.1, 0.15) is 55.1 Å². The molecule has 0 saturated heterocycles. The van der Waals surface area contributed by atoms with Crippen LogP contribution in [0.15, 0.2) is 34.4 Å². The number of hydrazone groups is 1. The summed E-state index contributed by atoms with van der Waals surface area (Å²) in [7, 11) is 1.80. The number of aromatic nitrogens is 3. The first kappa shape index (κ1) is 26.0. The Bertz CT molecular complexity index is 1150. The molecule has 2 aromatic heterocycles. The van der Waals surface area contributed by atoms with Crippen molar-refractivity contribution in [1.82, 2.24) is 25.3 Å². The van der Waals surface area contributed by atoms with Gasteiger partial charge in [-0.1, -0.05) is 0 Å². The minimum atomic E-state index is -2.63. The van der Waals surface area contributed by atoms with Crippen molar-refractivity contribution in [3.63, 3.8) is 0 Å². The van der Waals surface area contributed by atoms with Gasteiger partial charge in [-0.15, -0.1) is 0 Å². The quantitative estimate of drug-likeness (QED) is 0.499. The molecular formula is C23H27BrF2N6O4. The van der Waals surface area contributed by atoms with Crippen LogP contribution in [-0.2, 0) is 11.8 Å². The SMILES string of the molecule is C[C@@H](CC1CCC2(CC1)OC(=O)NN=C2c1cc(OCC(F)F)ncc1Br)NC(=O)c1cn(C)cn1. The van der Waals surface area contributed by atoms with Crippen LogP contribution in [0.3, 0.4) is 0 Å². The third-order valence-electron chi connectivity index (χ3n) is 6.34. The van der Waals surface area contributed by atoms with Crippen molar-refractivity contribution < 1.29 is 27.8 Å². The number of alkyl halides is 2. The molecule has 13 heteroatoms. The van der Waals surface area contributed by atoms with E-state index in [1.165, 1.54) is 12.3 Å². The number of amides is 2. The number of aryl methyl sites for hydroxylation is 1. The molecule has 2 aliphatic rings. The second-order valence-electron chi connectivity index (χ2n) is 9.14. The van der Waals surface area contributed by atoms with Crippen LogP contribution in [-0.4, -0.2) is 56.9 Å². The summed E-state index contributed by atoms with van der Waals surface area (Å²) < 4.78 is 38.3. The molecule has 36 heavy (non-hydrogen) atoms. The minimum absolute atomic E-state index is 0.0226. The van der Waals surface area contributed by atoms with Gasteiger partial charge in [0.15, 0.2) is 12.2 Å². The molecule has 1 aliphatic heterocycles. The van der Waals surface area contributed by atoms with Gasteiger partial charge in [-0.3, -0.25) is 4.79 Å². The molecule has 1 atom stereocenters. The summed E-state index contributed by atoms with van der Waals surface area (Å²) in [6.45, 7) is 1.17. The van der Waals surface area contributed by atoms with Gasteiger partial charge >= 0.3 is 6.09 Å². The summed E-state index contributed by atoms with van der Waals surface area (Å²) in [4.78, 5) is 32.6. The van der Waals surface area contributed by atoms with E-state index >= 15 is 0 Å². The van der Waals surface area contributed by atoms with Crippen LogP contribution in [0.4, 0.5) is 13.6 Å². The van der Waals surface area contributed by atoms with Crippen LogP contribution in [0, 0.1) is 5.92 Å². The fraction of sp³-hybridized carbons (Fsp3) is 0.522. The van der Waals surface area contributed by atoms with Gasteiger partial charge in [-0.25, -0.2) is 29.0 Å². The number of rotatable bonds is 8. The largest absolute Gasteiger partial charge is 0.472 e. The number of imidazole rings is 1. The molecule has 1 aliphatic carbocycles. The lowest BCUT2D eigenvalue weighted by Crippen LogP contribution is -2.52. The zero-order chi connectivity index (χ0) is 25.9. The average molecular weight is 569 g/mol. The predicted molar refractivity (Wildman–Crippen MR) is 129 cm³/mol. The number of carbonyl (C=O) groups is 2. The van der Waals surface area contributed by atoms with Gasteiger partial charge in [-0.05, 0) is 60.9 Å². The standard InChI is InChI=1S/C23H27BrF2N6O4/c1-13(29-21(33)17-10-32(2)12-28-17)7-14-3-5-23(6-4-14)20(30-31-22(34)36-23)15-8-19(27-9-16(15)24)35-11-18(25)26/h8-10,12-14,18H,3-7,11H2,1-2H3,(H,29,33)(H,31,34)/t13-,14?,23?/m0/s1. The molecule has 2 aromatic rings. The van der Waals surface area contributed by atoms with E-state index in [1.54, 1.807) is 24.1 Å². The summed E-state index contributed by atoms with van der Waals surface area (Å²) in [5.74, 6) is 0.106. The molecule has 1 saturated carbocycles. The maximum atomic E-state index is 12.6. The minimum Gasteiger partial charge on any atom is -0.472 e. The fourth-order valence-corrected chi connectivity index (χ4v) is 5.10.